The summed E-state index contributed by atoms with van der Waals surface area (Å²) < 4.78 is 5.32. The Labute approximate surface area is 83.9 Å². The number of aromatic nitrogens is 2. The molecule has 2 heterocycles. The third-order valence-electron chi connectivity index (χ3n) is 2.61. The van der Waals surface area contributed by atoms with Crippen molar-refractivity contribution in [3.8, 4) is 0 Å². The Morgan fingerprint density at radius 3 is 3.29 bits per heavy atom. The average molecular weight is 195 g/mol. The van der Waals surface area contributed by atoms with E-state index in [1.807, 2.05) is 6.20 Å². The Morgan fingerprint density at radius 1 is 1.64 bits per heavy atom. The van der Waals surface area contributed by atoms with E-state index in [9.17, 15) is 0 Å². The lowest BCUT2D eigenvalue weighted by atomic mass is 10.1. The van der Waals surface area contributed by atoms with Crippen LogP contribution >= 0.6 is 0 Å². The van der Waals surface area contributed by atoms with Crippen molar-refractivity contribution in [1.29, 1.82) is 0 Å². The zero-order valence-corrected chi connectivity index (χ0v) is 8.33. The SMILES string of the molecule is NCCCc1cnc(C2CCOC2)[nH]1. The van der Waals surface area contributed by atoms with Gasteiger partial charge in [0.2, 0.25) is 0 Å². The molecule has 0 saturated carbocycles. The van der Waals surface area contributed by atoms with Crippen LogP contribution in [0.4, 0.5) is 0 Å². The van der Waals surface area contributed by atoms with Crippen LogP contribution in [-0.2, 0) is 11.2 Å². The Morgan fingerprint density at radius 2 is 2.57 bits per heavy atom. The Kier molecular flexibility index (Phi) is 3.16. The van der Waals surface area contributed by atoms with Gasteiger partial charge in [0.15, 0.2) is 0 Å². The molecule has 1 aliphatic rings. The van der Waals surface area contributed by atoms with Gasteiger partial charge in [0.05, 0.1) is 6.61 Å². The van der Waals surface area contributed by atoms with Crippen LogP contribution in [0.15, 0.2) is 6.20 Å². The molecule has 14 heavy (non-hydrogen) atoms. The van der Waals surface area contributed by atoms with Crippen LogP contribution in [0.5, 0.6) is 0 Å². The molecule has 3 N–H and O–H groups in total. The van der Waals surface area contributed by atoms with Crippen LogP contribution < -0.4 is 5.73 Å². The molecule has 0 amide bonds. The predicted octanol–water partition coefficient (Wildman–Crippen LogP) is 0.805. The number of ether oxygens (including phenoxy) is 1. The molecule has 78 valence electrons. The highest BCUT2D eigenvalue weighted by atomic mass is 16.5. The van der Waals surface area contributed by atoms with E-state index in [1.54, 1.807) is 0 Å². The molecule has 1 atom stereocenters. The van der Waals surface area contributed by atoms with Crippen molar-refractivity contribution in [3.63, 3.8) is 0 Å². The van der Waals surface area contributed by atoms with Crippen molar-refractivity contribution in [2.45, 2.75) is 25.2 Å². The number of imidazole rings is 1. The van der Waals surface area contributed by atoms with E-state index in [0.717, 1.165) is 44.8 Å². The standard InChI is InChI=1S/C10H17N3O/c11-4-1-2-9-6-12-10(13-9)8-3-5-14-7-8/h6,8H,1-5,7,11H2,(H,12,13). The normalized spacial score (nSPS) is 21.6. The molecule has 1 saturated heterocycles. The van der Waals surface area contributed by atoms with Gasteiger partial charge in [0.25, 0.3) is 0 Å². The highest BCUT2D eigenvalue weighted by Crippen LogP contribution is 2.22. The molecule has 1 fully saturated rings. The summed E-state index contributed by atoms with van der Waals surface area (Å²) in [5.41, 5.74) is 6.64. The molecule has 1 aliphatic heterocycles. The Hall–Kier alpha value is -0.870. The molecular weight excluding hydrogens is 178 g/mol. The van der Waals surface area contributed by atoms with Gasteiger partial charge in [0, 0.05) is 24.4 Å². The summed E-state index contributed by atoms with van der Waals surface area (Å²) in [4.78, 5) is 7.72. The summed E-state index contributed by atoms with van der Waals surface area (Å²) >= 11 is 0. The predicted molar refractivity (Wildman–Crippen MR) is 54.1 cm³/mol. The van der Waals surface area contributed by atoms with Gasteiger partial charge in [-0.05, 0) is 25.8 Å². The molecule has 4 heteroatoms. The minimum Gasteiger partial charge on any atom is -0.381 e. The van der Waals surface area contributed by atoms with Gasteiger partial charge >= 0.3 is 0 Å². The van der Waals surface area contributed by atoms with Crippen LogP contribution in [0.3, 0.4) is 0 Å². The molecular formula is C10H17N3O. The summed E-state index contributed by atoms with van der Waals surface area (Å²) in [6.45, 7) is 2.41. The smallest absolute Gasteiger partial charge is 0.111 e. The van der Waals surface area contributed by atoms with Crippen LogP contribution in [-0.4, -0.2) is 29.7 Å². The van der Waals surface area contributed by atoms with Gasteiger partial charge in [-0.1, -0.05) is 0 Å². The van der Waals surface area contributed by atoms with Gasteiger partial charge < -0.3 is 15.5 Å². The first-order valence-electron chi connectivity index (χ1n) is 5.21. The van der Waals surface area contributed by atoms with E-state index in [2.05, 4.69) is 9.97 Å². The first-order valence-corrected chi connectivity index (χ1v) is 5.21. The van der Waals surface area contributed by atoms with Gasteiger partial charge in [-0.2, -0.15) is 0 Å². The van der Waals surface area contributed by atoms with Crippen LogP contribution in [0.25, 0.3) is 0 Å². The van der Waals surface area contributed by atoms with Gasteiger partial charge in [-0.15, -0.1) is 0 Å². The van der Waals surface area contributed by atoms with Gasteiger partial charge in [0.1, 0.15) is 5.82 Å². The number of hydrogen-bond donors (Lipinski definition) is 2. The molecule has 4 nitrogen and oxygen atoms in total. The summed E-state index contributed by atoms with van der Waals surface area (Å²) in [5, 5.41) is 0. The second kappa shape index (κ2) is 4.57. The number of nitrogens with zero attached hydrogens (tertiary/aromatic N) is 1. The monoisotopic (exact) mass is 195 g/mol. The number of nitrogens with two attached hydrogens (primary N) is 1. The minimum atomic E-state index is 0.474. The third kappa shape index (κ3) is 2.13. The molecule has 0 aromatic carbocycles. The fourth-order valence-corrected chi connectivity index (χ4v) is 1.75. The van der Waals surface area contributed by atoms with Crippen LogP contribution in [0, 0.1) is 0 Å². The molecule has 0 spiro atoms. The van der Waals surface area contributed by atoms with Gasteiger partial charge in [-0.3, -0.25) is 0 Å². The Balaban J connectivity index is 1.94. The fourth-order valence-electron chi connectivity index (χ4n) is 1.75. The molecule has 1 unspecified atom stereocenters. The summed E-state index contributed by atoms with van der Waals surface area (Å²) in [7, 11) is 0. The van der Waals surface area contributed by atoms with Crippen LogP contribution in [0.1, 0.15) is 30.3 Å². The quantitative estimate of drug-likeness (QED) is 0.747. The molecule has 1 aromatic rings. The summed E-state index contributed by atoms with van der Waals surface area (Å²) in [5.74, 6) is 1.55. The van der Waals surface area contributed by atoms with Crippen molar-refractivity contribution < 1.29 is 4.74 Å². The average Bonchev–Trinajstić information content (AvgIpc) is 2.85. The number of aryl methyl sites for hydroxylation is 1. The first-order chi connectivity index (χ1) is 6.90. The maximum atomic E-state index is 5.45. The van der Waals surface area contributed by atoms with Crippen molar-refractivity contribution in [3.05, 3.63) is 17.7 Å². The number of hydrogen-bond acceptors (Lipinski definition) is 3. The number of H-pyrrole nitrogens is 1. The molecule has 0 bridgehead atoms. The number of aromatic amines is 1. The minimum absolute atomic E-state index is 0.474. The fraction of sp³-hybridized carbons (Fsp3) is 0.700. The van der Waals surface area contributed by atoms with Crippen LogP contribution in [0.2, 0.25) is 0 Å². The van der Waals surface area contributed by atoms with Crippen molar-refractivity contribution in [1.82, 2.24) is 9.97 Å². The van der Waals surface area contributed by atoms with E-state index in [4.69, 9.17) is 10.5 Å². The van der Waals surface area contributed by atoms with E-state index < -0.39 is 0 Å². The van der Waals surface area contributed by atoms with E-state index in [0.29, 0.717) is 5.92 Å². The van der Waals surface area contributed by atoms with Gasteiger partial charge in [-0.25, -0.2) is 4.98 Å². The largest absolute Gasteiger partial charge is 0.381 e. The zero-order valence-electron chi connectivity index (χ0n) is 8.33. The maximum Gasteiger partial charge on any atom is 0.111 e. The summed E-state index contributed by atoms with van der Waals surface area (Å²) in [6, 6.07) is 0. The number of nitrogens with one attached hydrogen (secondary N) is 1. The lowest BCUT2D eigenvalue weighted by Gasteiger charge is -2.01. The van der Waals surface area contributed by atoms with E-state index in [-0.39, 0.29) is 0 Å². The lowest BCUT2D eigenvalue weighted by Crippen LogP contribution is -2.02. The summed E-state index contributed by atoms with van der Waals surface area (Å²) in [6.07, 6.45) is 5.02. The molecule has 1 aromatic heterocycles. The Bertz CT molecular complexity index is 279. The highest BCUT2D eigenvalue weighted by Gasteiger charge is 2.20. The maximum absolute atomic E-state index is 5.45. The molecule has 2 rings (SSSR count). The first kappa shape index (κ1) is 9.68. The van der Waals surface area contributed by atoms with E-state index in [1.165, 1.54) is 5.69 Å². The van der Waals surface area contributed by atoms with E-state index >= 15 is 0 Å². The second-order valence-corrected chi connectivity index (χ2v) is 3.75. The molecule has 0 aliphatic carbocycles. The topological polar surface area (TPSA) is 63.9 Å². The second-order valence-electron chi connectivity index (χ2n) is 3.75. The highest BCUT2D eigenvalue weighted by molar-refractivity contribution is 5.06. The van der Waals surface area contributed by atoms with Crippen molar-refractivity contribution in [2.75, 3.05) is 19.8 Å². The number of rotatable bonds is 4. The van der Waals surface area contributed by atoms with Crippen molar-refractivity contribution in [2.24, 2.45) is 5.73 Å². The molecule has 0 radical (unpaired) electrons. The lowest BCUT2D eigenvalue weighted by molar-refractivity contribution is 0.193. The van der Waals surface area contributed by atoms with Crippen molar-refractivity contribution >= 4 is 0 Å². The third-order valence-corrected chi connectivity index (χ3v) is 2.61. The zero-order chi connectivity index (χ0) is 9.80.